The second kappa shape index (κ2) is 5.44. The van der Waals surface area contributed by atoms with Crippen LogP contribution < -0.4 is 5.32 Å². The van der Waals surface area contributed by atoms with Gasteiger partial charge in [0.05, 0.1) is 5.56 Å². The van der Waals surface area contributed by atoms with Crippen LogP contribution in [0.1, 0.15) is 24.2 Å². The average molecular weight is 321 g/mol. The number of carbonyl (C=O) groups excluding carboxylic acids is 1. The molecule has 2 nitrogen and oxygen atoms in total. The second-order valence-electron chi connectivity index (χ2n) is 3.73. The van der Waals surface area contributed by atoms with Crippen molar-refractivity contribution < 1.29 is 9.18 Å². The van der Waals surface area contributed by atoms with E-state index in [-0.39, 0.29) is 11.7 Å². The standard InChI is InChI=1S/C11H13FINO/c1-7(2)6-14-11(15)9-5-8(12)3-4-10(9)13/h3-5,7H,6H2,1-2H3,(H,14,15). The van der Waals surface area contributed by atoms with Crippen LogP contribution in [-0.4, -0.2) is 12.5 Å². The Bertz CT molecular complexity index is 366. The number of nitrogens with one attached hydrogen (secondary N) is 1. The van der Waals surface area contributed by atoms with Crippen molar-refractivity contribution in [3.8, 4) is 0 Å². The molecular weight excluding hydrogens is 308 g/mol. The molecule has 1 amide bonds. The first kappa shape index (κ1) is 12.4. The number of carbonyl (C=O) groups is 1. The molecule has 0 spiro atoms. The van der Waals surface area contributed by atoms with Gasteiger partial charge in [-0.2, -0.15) is 0 Å². The van der Waals surface area contributed by atoms with Crippen molar-refractivity contribution in [3.63, 3.8) is 0 Å². The largest absolute Gasteiger partial charge is 0.352 e. The highest BCUT2D eigenvalue weighted by Crippen LogP contribution is 2.13. The van der Waals surface area contributed by atoms with E-state index in [2.05, 4.69) is 5.32 Å². The van der Waals surface area contributed by atoms with Crippen molar-refractivity contribution in [2.45, 2.75) is 13.8 Å². The first-order valence-electron chi connectivity index (χ1n) is 4.74. The minimum Gasteiger partial charge on any atom is -0.352 e. The lowest BCUT2D eigenvalue weighted by molar-refractivity contribution is 0.0947. The first-order valence-corrected chi connectivity index (χ1v) is 5.82. The molecule has 1 rings (SSSR count). The maximum Gasteiger partial charge on any atom is 0.252 e. The average Bonchev–Trinajstić information content (AvgIpc) is 2.18. The van der Waals surface area contributed by atoms with Gasteiger partial charge in [-0.05, 0) is 46.7 Å². The van der Waals surface area contributed by atoms with E-state index in [1.165, 1.54) is 12.1 Å². The number of hydrogen-bond donors (Lipinski definition) is 1. The summed E-state index contributed by atoms with van der Waals surface area (Å²) in [6.45, 7) is 4.62. The number of hydrogen-bond acceptors (Lipinski definition) is 1. The number of amides is 1. The predicted octanol–water partition coefficient (Wildman–Crippen LogP) is 2.82. The van der Waals surface area contributed by atoms with Crippen LogP contribution in [-0.2, 0) is 0 Å². The van der Waals surface area contributed by atoms with Gasteiger partial charge in [0, 0.05) is 10.1 Å². The molecule has 0 unspecified atom stereocenters. The Hall–Kier alpha value is -0.650. The zero-order valence-corrected chi connectivity index (χ0v) is 10.8. The van der Waals surface area contributed by atoms with Crippen molar-refractivity contribution in [3.05, 3.63) is 33.1 Å². The third kappa shape index (κ3) is 3.77. The molecule has 0 aliphatic rings. The van der Waals surface area contributed by atoms with Gasteiger partial charge in [-0.15, -0.1) is 0 Å². The van der Waals surface area contributed by atoms with Crippen molar-refractivity contribution >= 4 is 28.5 Å². The van der Waals surface area contributed by atoms with Gasteiger partial charge in [-0.25, -0.2) is 4.39 Å². The van der Waals surface area contributed by atoms with E-state index in [0.717, 1.165) is 3.57 Å². The molecule has 0 heterocycles. The van der Waals surface area contributed by atoms with E-state index in [1.807, 2.05) is 36.4 Å². The van der Waals surface area contributed by atoms with Crippen LogP contribution in [0.25, 0.3) is 0 Å². The summed E-state index contributed by atoms with van der Waals surface area (Å²) in [5.74, 6) is -0.210. The normalized spacial score (nSPS) is 10.5. The fourth-order valence-corrected chi connectivity index (χ4v) is 1.64. The molecule has 1 N–H and O–H groups in total. The Morgan fingerprint density at radius 3 is 2.80 bits per heavy atom. The van der Waals surface area contributed by atoms with Crippen LogP contribution in [0, 0.1) is 15.3 Å². The molecule has 0 aromatic heterocycles. The van der Waals surface area contributed by atoms with Crippen LogP contribution in [0.15, 0.2) is 18.2 Å². The van der Waals surface area contributed by atoms with Gasteiger partial charge in [0.2, 0.25) is 0 Å². The highest BCUT2D eigenvalue weighted by atomic mass is 127. The maximum absolute atomic E-state index is 12.9. The van der Waals surface area contributed by atoms with Crippen LogP contribution in [0.5, 0.6) is 0 Å². The Kier molecular flexibility index (Phi) is 4.50. The molecule has 0 saturated carbocycles. The zero-order chi connectivity index (χ0) is 11.4. The number of benzene rings is 1. The quantitative estimate of drug-likeness (QED) is 0.852. The van der Waals surface area contributed by atoms with E-state index >= 15 is 0 Å². The molecule has 4 heteroatoms. The number of rotatable bonds is 3. The molecule has 1 aromatic rings. The third-order valence-electron chi connectivity index (χ3n) is 1.84. The summed E-state index contributed by atoms with van der Waals surface area (Å²) in [7, 11) is 0. The van der Waals surface area contributed by atoms with Crippen LogP contribution >= 0.6 is 22.6 Å². The molecule has 0 bridgehead atoms. The van der Waals surface area contributed by atoms with Gasteiger partial charge in [0.15, 0.2) is 0 Å². The van der Waals surface area contributed by atoms with Gasteiger partial charge < -0.3 is 5.32 Å². The van der Waals surface area contributed by atoms with E-state index in [0.29, 0.717) is 18.0 Å². The number of halogens is 2. The van der Waals surface area contributed by atoms with Crippen LogP contribution in [0.4, 0.5) is 4.39 Å². The van der Waals surface area contributed by atoms with Gasteiger partial charge in [0.1, 0.15) is 5.82 Å². The van der Waals surface area contributed by atoms with E-state index in [9.17, 15) is 9.18 Å². The smallest absolute Gasteiger partial charge is 0.252 e. The predicted molar refractivity (Wildman–Crippen MR) is 66.3 cm³/mol. The first-order chi connectivity index (χ1) is 7.00. The molecule has 0 aliphatic heterocycles. The van der Waals surface area contributed by atoms with Crippen molar-refractivity contribution in [1.29, 1.82) is 0 Å². The van der Waals surface area contributed by atoms with Crippen LogP contribution in [0.2, 0.25) is 0 Å². The van der Waals surface area contributed by atoms with E-state index in [4.69, 9.17) is 0 Å². The lowest BCUT2D eigenvalue weighted by atomic mass is 10.2. The Morgan fingerprint density at radius 2 is 2.20 bits per heavy atom. The van der Waals surface area contributed by atoms with Gasteiger partial charge in [-0.1, -0.05) is 13.8 Å². The van der Waals surface area contributed by atoms with Crippen molar-refractivity contribution in [1.82, 2.24) is 5.32 Å². The third-order valence-corrected chi connectivity index (χ3v) is 2.78. The Morgan fingerprint density at radius 1 is 1.53 bits per heavy atom. The van der Waals surface area contributed by atoms with Gasteiger partial charge in [-0.3, -0.25) is 4.79 Å². The van der Waals surface area contributed by atoms with Gasteiger partial charge >= 0.3 is 0 Å². The second-order valence-corrected chi connectivity index (χ2v) is 4.89. The topological polar surface area (TPSA) is 29.1 Å². The molecule has 0 fully saturated rings. The zero-order valence-electron chi connectivity index (χ0n) is 8.68. The lowest BCUT2D eigenvalue weighted by Crippen LogP contribution is -2.28. The highest BCUT2D eigenvalue weighted by molar-refractivity contribution is 14.1. The summed E-state index contributed by atoms with van der Waals surface area (Å²) in [5.41, 5.74) is 0.399. The lowest BCUT2D eigenvalue weighted by Gasteiger charge is -2.08. The Labute approximate surface area is 102 Å². The summed E-state index contributed by atoms with van der Waals surface area (Å²) >= 11 is 2.02. The minimum absolute atomic E-state index is 0.215. The fourth-order valence-electron chi connectivity index (χ4n) is 1.06. The molecular formula is C11H13FINO. The molecule has 0 atom stereocenters. The van der Waals surface area contributed by atoms with Crippen LogP contribution in [0.3, 0.4) is 0 Å². The molecule has 0 aliphatic carbocycles. The van der Waals surface area contributed by atoms with Crippen molar-refractivity contribution in [2.24, 2.45) is 5.92 Å². The molecule has 82 valence electrons. The molecule has 15 heavy (non-hydrogen) atoms. The molecule has 0 radical (unpaired) electrons. The SMILES string of the molecule is CC(C)CNC(=O)c1cc(F)ccc1I. The maximum atomic E-state index is 12.9. The molecule has 1 aromatic carbocycles. The van der Waals surface area contributed by atoms with Gasteiger partial charge in [0.25, 0.3) is 5.91 Å². The van der Waals surface area contributed by atoms with Crippen molar-refractivity contribution in [2.75, 3.05) is 6.54 Å². The summed E-state index contributed by atoms with van der Waals surface area (Å²) in [5, 5.41) is 2.76. The Balaban J connectivity index is 2.77. The summed E-state index contributed by atoms with van der Waals surface area (Å²) in [6.07, 6.45) is 0. The highest BCUT2D eigenvalue weighted by Gasteiger charge is 2.10. The summed E-state index contributed by atoms with van der Waals surface area (Å²) in [6, 6.07) is 4.21. The minimum atomic E-state index is -0.384. The summed E-state index contributed by atoms with van der Waals surface area (Å²) in [4.78, 5) is 11.6. The molecule has 0 saturated heterocycles. The van der Waals surface area contributed by atoms with E-state index < -0.39 is 0 Å². The summed E-state index contributed by atoms with van der Waals surface area (Å²) < 4.78 is 13.7. The van der Waals surface area contributed by atoms with E-state index in [1.54, 1.807) is 6.07 Å². The monoisotopic (exact) mass is 321 g/mol. The fraction of sp³-hybridized carbons (Fsp3) is 0.364.